The first-order chi connectivity index (χ1) is 8.91. The summed E-state index contributed by atoms with van der Waals surface area (Å²) in [6.07, 6.45) is 0. The number of rotatable bonds is 2. The Morgan fingerprint density at radius 3 is 2.16 bits per heavy atom. The molecule has 0 N–H and O–H groups in total. The average molecular weight is 272 g/mol. The van der Waals surface area contributed by atoms with E-state index in [1.54, 1.807) is 0 Å². The van der Waals surface area contributed by atoms with Crippen molar-refractivity contribution < 1.29 is 22.5 Å². The summed E-state index contributed by atoms with van der Waals surface area (Å²) < 4.78 is 52.8. The monoisotopic (exact) mass is 272 g/mol. The fourth-order valence-corrected chi connectivity index (χ4v) is 1.52. The molecule has 0 fully saturated rings. The van der Waals surface area contributed by atoms with Crippen LogP contribution in [0, 0.1) is 33.6 Å². The zero-order valence-electron chi connectivity index (χ0n) is 9.03. The molecule has 0 radical (unpaired) electrons. The molecule has 0 saturated carbocycles. The van der Waals surface area contributed by atoms with Crippen molar-refractivity contribution in [3.05, 3.63) is 57.9 Å². The SMILES string of the molecule is O=[N+]([O-])c1cccc(-c2c(F)c(F)nc(F)c2F)c1. The van der Waals surface area contributed by atoms with E-state index < -0.39 is 39.7 Å². The van der Waals surface area contributed by atoms with E-state index in [0.717, 1.165) is 24.3 Å². The average Bonchev–Trinajstić information content (AvgIpc) is 2.37. The van der Waals surface area contributed by atoms with Crippen LogP contribution < -0.4 is 0 Å². The zero-order chi connectivity index (χ0) is 14.2. The molecule has 0 aliphatic rings. The third-order valence-corrected chi connectivity index (χ3v) is 2.34. The first-order valence-corrected chi connectivity index (χ1v) is 4.86. The second kappa shape index (κ2) is 4.63. The Hall–Kier alpha value is -2.51. The van der Waals surface area contributed by atoms with E-state index in [-0.39, 0.29) is 5.56 Å². The normalized spacial score (nSPS) is 10.5. The van der Waals surface area contributed by atoms with Gasteiger partial charge in [-0.3, -0.25) is 10.1 Å². The van der Waals surface area contributed by atoms with Gasteiger partial charge in [0.1, 0.15) is 0 Å². The maximum Gasteiger partial charge on any atom is 0.270 e. The molecular weight excluding hydrogens is 268 g/mol. The highest BCUT2D eigenvalue weighted by Gasteiger charge is 2.23. The van der Waals surface area contributed by atoms with E-state index in [4.69, 9.17) is 0 Å². The van der Waals surface area contributed by atoms with Crippen molar-refractivity contribution in [1.82, 2.24) is 4.98 Å². The van der Waals surface area contributed by atoms with Gasteiger partial charge in [-0.2, -0.15) is 13.8 Å². The number of hydrogen-bond donors (Lipinski definition) is 0. The summed E-state index contributed by atoms with van der Waals surface area (Å²) in [5.74, 6) is -7.06. The van der Waals surface area contributed by atoms with Crippen LogP contribution in [-0.2, 0) is 0 Å². The highest BCUT2D eigenvalue weighted by molar-refractivity contribution is 5.67. The number of nitro benzene ring substituents is 1. The maximum atomic E-state index is 13.4. The third-order valence-electron chi connectivity index (χ3n) is 2.34. The summed E-state index contributed by atoms with van der Waals surface area (Å²) in [4.78, 5) is 12.1. The Balaban J connectivity index is 2.72. The van der Waals surface area contributed by atoms with Gasteiger partial charge in [-0.25, -0.2) is 8.78 Å². The maximum absolute atomic E-state index is 13.4. The van der Waals surface area contributed by atoms with Gasteiger partial charge in [0.05, 0.1) is 10.5 Å². The Morgan fingerprint density at radius 1 is 1.05 bits per heavy atom. The van der Waals surface area contributed by atoms with Gasteiger partial charge in [0.25, 0.3) is 17.6 Å². The molecule has 0 unspecified atom stereocenters. The largest absolute Gasteiger partial charge is 0.270 e. The van der Waals surface area contributed by atoms with Crippen LogP contribution >= 0.6 is 0 Å². The molecule has 2 rings (SSSR count). The van der Waals surface area contributed by atoms with E-state index in [0.29, 0.717) is 0 Å². The molecule has 0 aliphatic carbocycles. The number of benzene rings is 1. The van der Waals surface area contributed by atoms with E-state index in [9.17, 15) is 27.7 Å². The molecule has 0 spiro atoms. The van der Waals surface area contributed by atoms with Gasteiger partial charge in [-0.1, -0.05) is 12.1 Å². The molecule has 98 valence electrons. The summed E-state index contributed by atoms with van der Waals surface area (Å²) in [5.41, 5.74) is -1.85. The number of aromatic nitrogens is 1. The van der Waals surface area contributed by atoms with Gasteiger partial charge in [0.2, 0.25) is 0 Å². The molecule has 2 aromatic rings. The predicted molar refractivity (Wildman–Crippen MR) is 56.2 cm³/mol. The molecule has 0 atom stereocenters. The topological polar surface area (TPSA) is 56.0 Å². The summed E-state index contributed by atoms with van der Waals surface area (Å²) in [5, 5.41) is 10.5. The van der Waals surface area contributed by atoms with Crippen LogP contribution in [-0.4, -0.2) is 9.91 Å². The van der Waals surface area contributed by atoms with Crippen molar-refractivity contribution in [1.29, 1.82) is 0 Å². The number of hydrogen-bond acceptors (Lipinski definition) is 3. The molecule has 0 aliphatic heterocycles. The smallest absolute Gasteiger partial charge is 0.258 e. The molecule has 1 heterocycles. The van der Waals surface area contributed by atoms with Gasteiger partial charge in [0.15, 0.2) is 11.6 Å². The van der Waals surface area contributed by atoms with Crippen molar-refractivity contribution in [2.45, 2.75) is 0 Å². The zero-order valence-corrected chi connectivity index (χ0v) is 9.03. The molecule has 8 heteroatoms. The minimum atomic E-state index is -1.82. The molecule has 0 amide bonds. The summed E-state index contributed by atoms with van der Waals surface area (Å²) in [7, 11) is 0. The first-order valence-electron chi connectivity index (χ1n) is 4.86. The van der Waals surface area contributed by atoms with E-state index in [1.807, 2.05) is 0 Å². The number of nitro groups is 1. The number of halogens is 4. The summed E-state index contributed by atoms with van der Waals surface area (Å²) in [6.45, 7) is 0. The second-order valence-electron chi connectivity index (χ2n) is 3.50. The van der Waals surface area contributed by atoms with Gasteiger partial charge in [-0.15, -0.1) is 0 Å². The second-order valence-corrected chi connectivity index (χ2v) is 3.50. The first kappa shape index (κ1) is 12.9. The highest BCUT2D eigenvalue weighted by atomic mass is 19.2. The van der Waals surface area contributed by atoms with Crippen LogP contribution in [0.5, 0.6) is 0 Å². The fraction of sp³-hybridized carbons (Fsp3) is 0. The molecule has 0 bridgehead atoms. The van der Waals surface area contributed by atoms with Crippen LogP contribution in [0.15, 0.2) is 24.3 Å². The third kappa shape index (κ3) is 2.24. The molecule has 1 aromatic carbocycles. The van der Waals surface area contributed by atoms with Crippen molar-refractivity contribution in [2.24, 2.45) is 0 Å². The Bertz CT molecular complexity index is 650. The lowest BCUT2D eigenvalue weighted by molar-refractivity contribution is -0.384. The van der Waals surface area contributed by atoms with Crippen LogP contribution in [0.2, 0.25) is 0 Å². The van der Waals surface area contributed by atoms with Crippen molar-refractivity contribution in [3.63, 3.8) is 0 Å². The van der Waals surface area contributed by atoms with Crippen molar-refractivity contribution in [2.75, 3.05) is 0 Å². The minimum Gasteiger partial charge on any atom is -0.258 e. The van der Waals surface area contributed by atoms with Crippen molar-refractivity contribution >= 4 is 5.69 Å². The summed E-state index contributed by atoms with van der Waals surface area (Å²) >= 11 is 0. The van der Waals surface area contributed by atoms with Crippen LogP contribution in [0.4, 0.5) is 23.2 Å². The lowest BCUT2D eigenvalue weighted by Crippen LogP contribution is -2.03. The van der Waals surface area contributed by atoms with E-state index >= 15 is 0 Å². The van der Waals surface area contributed by atoms with Gasteiger partial charge >= 0.3 is 0 Å². The minimum absolute atomic E-state index is 0.357. The number of non-ortho nitro benzene ring substituents is 1. The summed E-state index contributed by atoms with van der Waals surface area (Å²) in [6, 6.07) is 4.11. The Labute approximate surface area is 103 Å². The van der Waals surface area contributed by atoms with Crippen LogP contribution in [0.3, 0.4) is 0 Å². The quantitative estimate of drug-likeness (QED) is 0.365. The van der Waals surface area contributed by atoms with Crippen molar-refractivity contribution in [3.8, 4) is 11.1 Å². The highest BCUT2D eigenvalue weighted by Crippen LogP contribution is 2.30. The number of nitrogens with zero attached hydrogens (tertiary/aromatic N) is 2. The fourth-order valence-electron chi connectivity index (χ4n) is 1.52. The lowest BCUT2D eigenvalue weighted by atomic mass is 10.1. The standard InChI is InChI=1S/C11H4F4N2O2/c12-8-7(9(13)11(15)16-10(8)14)5-2-1-3-6(4-5)17(18)19/h1-4H. The number of pyridine rings is 1. The van der Waals surface area contributed by atoms with Gasteiger partial charge in [0, 0.05) is 12.1 Å². The Morgan fingerprint density at radius 2 is 1.63 bits per heavy atom. The molecule has 4 nitrogen and oxygen atoms in total. The van der Waals surface area contributed by atoms with E-state index in [2.05, 4.69) is 4.98 Å². The van der Waals surface area contributed by atoms with Crippen LogP contribution in [0.1, 0.15) is 0 Å². The molecule has 19 heavy (non-hydrogen) atoms. The molecular formula is C11H4F4N2O2. The van der Waals surface area contributed by atoms with E-state index in [1.165, 1.54) is 0 Å². The molecule has 1 aromatic heterocycles. The van der Waals surface area contributed by atoms with Gasteiger partial charge < -0.3 is 0 Å². The predicted octanol–water partition coefficient (Wildman–Crippen LogP) is 3.21. The lowest BCUT2D eigenvalue weighted by Gasteiger charge is -2.06. The molecule has 0 saturated heterocycles. The Kier molecular flexibility index (Phi) is 3.16. The van der Waals surface area contributed by atoms with Gasteiger partial charge in [-0.05, 0) is 5.56 Å². The van der Waals surface area contributed by atoms with Crippen LogP contribution in [0.25, 0.3) is 11.1 Å².